The highest BCUT2D eigenvalue weighted by Crippen LogP contribution is 2.36. The van der Waals surface area contributed by atoms with E-state index in [0.717, 1.165) is 0 Å². The third-order valence-corrected chi connectivity index (χ3v) is 4.57. The van der Waals surface area contributed by atoms with Crippen molar-refractivity contribution in [3.8, 4) is 0 Å². The molecule has 7 nitrogen and oxygen atoms in total. The third-order valence-electron chi connectivity index (χ3n) is 4.57. The number of hydrogen-bond acceptors (Lipinski definition) is 7. The molecule has 1 aliphatic carbocycles. The average molecular weight is 364 g/mol. The molecule has 0 saturated carbocycles. The van der Waals surface area contributed by atoms with E-state index >= 15 is 0 Å². The zero-order valence-corrected chi connectivity index (χ0v) is 14.5. The van der Waals surface area contributed by atoms with E-state index in [1.165, 1.54) is 0 Å². The van der Waals surface area contributed by atoms with E-state index in [9.17, 15) is 19.8 Å². The molecule has 0 aromatic carbocycles. The van der Waals surface area contributed by atoms with Crippen LogP contribution in [0.3, 0.4) is 0 Å². The Balaban J connectivity index is 2.41. The van der Waals surface area contributed by atoms with E-state index in [2.05, 4.69) is 13.2 Å². The van der Waals surface area contributed by atoms with Gasteiger partial charge in [-0.3, -0.25) is 0 Å². The van der Waals surface area contributed by atoms with Crippen LogP contribution in [0.15, 0.2) is 47.6 Å². The van der Waals surface area contributed by atoms with Crippen LogP contribution >= 0.6 is 0 Å². The lowest BCUT2D eigenvalue weighted by atomic mass is 9.85. The lowest BCUT2D eigenvalue weighted by Crippen LogP contribution is -2.34. The maximum absolute atomic E-state index is 12.1. The number of esters is 2. The number of carbonyl (C=O) groups is 2. The van der Waals surface area contributed by atoms with E-state index < -0.39 is 36.7 Å². The molecular weight excluding hydrogens is 340 g/mol. The molecule has 26 heavy (non-hydrogen) atoms. The monoisotopic (exact) mass is 364 g/mol. The first-order valence-electron chi connectivity index (χ1n) is 8.39. The standard InChI is InChI=1S/C19H24O7/c1-11(8-20)18(23)25-15-6-13(9-21)4-3-5-14(10-22)7-16-17(15)12(2)19(24)26-16/h4,7,15-17,20-22H,1-3,5-6,8-10H2/b13-4-,14-7-/t15-,16+,17+/m0/s1. The predicted molar refractivity (Wildman–Crippen MR) is 92.8 cm³/mol. The van der Waals surface area contributed by atoms with Gasteiger partial charge in [0.2, 0.25) is 0 Å². The van der Waals surface area contributed by atoms with Crippen LogP contribution < -0.4 is 0 Å². The molecule has 1 heterocycles. The number of hydrogen-bond donors (Lipinski definition) is 3. The smallest absolute Gasteiger partial charge is 0.336 e. The second-order valence-corrected chi connectivity index (χ2v) is 6.37. The molecule has 0 radical (unpaired) electrons. The Morgan fingerprint density at radius 2 is 1.96 bits per heavy atom. The van der Waals surface area contributed by atoms with Crippen LogP contribution in [-0.2, 0) is 19.1 Å². The summed E-state index contributed by atoms with van der Waals surface area (Å²) >= 11 is 0. The predicted octanol–water partition coefficient (Wildman–Crippen LogP) is 0.566. The number of ether oxygens (including phenoxy) is 2. The molecule has 2 aliphatic rings. The third kappa shape index (κ3) is 4.49. The fourth-order valence-electron chi connectivity index (χ4n) is 3.09. The summed E-state index contributed by atoms with van der Waals surface area (Å²) in [5, 5.41) is 28.2. The maximum Gasteiger partial charge on any atom is 0.336 e. The van der Waals surface area contributed by atoms with Crippen molar-refractivity contribution in [3.63, 3.8) is 0 Å². The molecule has 7 heteroatoms. The first-order chi connectivity index (χ1) is 12.4. The summed E-state index contributed by atoms with van der Waals surface area (Å²) in [5.74, 6) is -2.04. The van der Waals surface area contributed by atoms with Gasteiger partial charge in [0.1, 0.15) is 12.2 Å². The van der Waals surface area contributed by atoms with Gasteiger partial charge in [-0.1, -0.05) is 19.2 Å². The SMILES string of the molecule is C=C(CO)C(=O)O[C@H]1C/C(CO)=C/CC/C(CO)=C/[C@H]2OC(=O)C(=C)[C@H]12. The van der Waals surface area contributed by atoms with Gasteiger partial charge in [-0.15, -0.1) is 0 Å². The number of rotatable bonds is 5. The largest absolute Gasteiger partial charge is 0.458 e. The van der Waals surface area contributed by atoms with Gasteiger partial charge >= 0.3 is 11.9 Å². The van der Waals surface area contributed by atoms with Crippen LogP contribution in [0.5, 0.6) is 0 Å². The molecule has 2 rings (SSSR count). The molecule has 1 saturated heterocycles. The number of allylic oxidation sites excluding steroid dienone is 1. The number of carbonyl (C=O) groups excluding carboxylic acids is 2. The summed E-state index contributed by atoms with van der Waals surface area (Å²) in [6.45, 7) is 6.23. The molecule has 0 spiro atoms. The van der Waals surface area contributed by atoms with Gasteiger partial charge < -0.3 is 24.8 Å². The van der Waals surface area contributed by atoms with Crippen LogP contribution in [0, 0.1) is 5.92 Å². The van der Waals surface area contributed by atoms with Gasteiger partial charge in [0.05, 0.1) is 31.3 Å². The van der Waals surface area contributed by atoms with Crippen LogP contribution in [0.4, 0.5) is 0 Å². The molecule has 1 aliphatic heterocycles. The van der Waals surface area contributed by atoms with Gasteiger partial charge in [0.25, 0.3) is 0 Å². The Labute approximate surface area is 151 Å². The Bertz CT molecular complexity index is 659. The Morgan fingerprint density at radius 3 is 2.58 bits per heavy atom. The molecule has 0 aromatic heterocycles. The fraction of sp³-hybridized carbons (Fsp3) is 0.474. The second kappa shape index (κ2) is 8.93. The minimum absolute atomic E-state index is 0.115. The van der Waals surface area contributed by atoms with Gasteiger partial charge in [0.15, 0.2) is 0 Å². The second-order valence-electron chi connectivity index (χ2n) is 6.37. The van der Waals surface area contributed by atoms with Crippen LogP contribution in [0.1, 0.15) is 19.3 Å². The molecular formula is C19H24O7. The van der Waals surface area contributed by atoms with Crippen LogP contribution in [0.2, 0.25) is 0 Å². The van der Waals surface area contributed by atoms with Gasteiger partial charge in [-0.2, -0.15) is 0 Å². The van der Waals surface area contributed by atoms with Crippen LogP contribution in [-0.4, -0.2) is 59.3 Å². The molecule has 142 valence electrons. The van der Waals surface area contributed by atoms with Gasteiger partial charge in [-0.25, -0.2) is 9.59 Å². The molecule has 0 aromatic rings. The molecule has 0 amide bonds. The molecule has 0 bridgehead atoms. The summed E-state index contributed by atoms with van der Waals surface area (Å²) in [7, 11) is 0. The minimum atomic E-state index is -0.831. The first-order valence-corrected chi connectivity index (χ1v) is 8.39. The van der Waals surface area contributed by atoms with E-state index in [4.69, 9.17) is 14.6 Å². The van der Waals surface area contributed by atoms with E-state index in [0.29, 0.717) is 24.0 Å². The normalized spacial score (nSPS) is 30.3. The zero-order chi connectivity index (χ0) is 19.3. The number of aliphatic hydroxyl groups is 3. The van der Waals surface area contributed by atoms with Crippen molar-refractivity contribution in [1.82, 2.24) is 0 Å². The van der Waals surface area contributed by atoms with Gasteiger partial charge in [-0.05, 0) is 30.1 Å². The molecule has 1 fully saturated rings. The molecule has 3 N–H and O–H groups in total. The number of aliphatic hydroxyl groups excluding tert-OH is 3. The summed E-state index contributed by atoms with van der Waals surface area (Å²) in [4.78, 5) is 24.1. The topological polar surface area (TPSA) is 113 Å². The summed E-state index contributed by atoms with van der Waals surface area (Å²) < 4.78 is 10.8. The lowest BCUT2D eigenvalue weighted by molar-refractivity contribution is -0.147. The minimum Gasteiger partial charge on any atom is -0.458 e. The Kier molecular flexibility index (Phi) is 6.90. The van der Waals surface area contributed by atoms with Crippen LogP contribution in [0.25, 0.3) is 0 Å². The van der Waals surface area contributed by atoms with Crippen molar-refractivity contribution in [2.45, 2.75) is 31.5 Å². The fourth-order valence-corrected chi connectivity index (χ4v) is 3.09. The summed E-state index contributed by atoms with van der Waals surface area (Å²) in [6, 6.07) is 0. The Morgan fingerprint density at radius 1 is 1.27 bits per heavy atom. The maximum atomic E-state index is 12.1. The van der Waals surface area contributed by atoms with Crippen molar-refractivity contribution >= 4 is 11.9 Å². The molecule has 0 unspecified atom stereocenters. The zero-order valence-electron chi connectivity index (χ0n) is 14.5. The summed E-state index contributed by atoms with van der Waals surface area (Å²) in [5.41, 5.74) is 1.37. The highest BCUT2D eigenvalue weighted by atomic mass is 16.6. The summed E-state index contributed by atoms with van der Waals surface area (Å²) in [6.07, 6.45) is 3.27. The lowest BCUT2D eigenvalue weighted by Gasteiger charge is -2.28. The van der Waals surface area contributed by atoms with Gasteiger partial charge in [0, 0.05) is 12.0 Å². The van der Waals surface area contributed by atoms with E-state index in [1.54, 1.807) is 6.08 Å². The quantitative estimate of drug-likeness (QED) is 0.371. The Hall–Kier alpha value is -2.22. The van der Waals surface area contributed by atoms with E-state index in [1.807, 2.05) is 6.08 Å². The highest BCUT2D eigenvalue weighted by Gasteiger charge is 2.44. The number of fused-ring (bicyclic) bond motifs is 1. The first kappa shape index (κ1) is 20.1. The van der Waals surface area contributed by atoms with Crippen molar-refractivity contribution < 1.29 is 34.4 Å². The van der Waals surface area contributed by atoms with E-state index in [-0.39, 0.29) is 30.8 Å². The van der Waals surface area contributed by atoms with Crippen molar-refractivity contribution in [3.05, 3.63) is 47.6 Å². The van der Waals surface area contributed by atoms with Crippen molar-refractivity contribution in [2.75, 3.05) is 19.8 Å². The van der Waals surface area contributed by atoms with Crippen molar-refractivity contribution in [1.29, 1.82) is 0 Å². The average Bonchev–Trinajstić information content (AvgIpc) is 2.91. The molecule has 3 atom stereocenters. The highest BCUT2D eigenvalue weighted by molar-refractivity contribution is 5.92. The van der Waals surface area contributed by atoms with Crippen molar-refractivity contribution in [2.24, 2.45) is 5.92 Å².